The van der Waals surface area contributed by atoms with E-state index in [2.05, 4.69) is 20.8 Å². The number of hydrogen-bond acceptors (Lipinski definition) is 1. The van der Waals surface area contributed by atoms with Gasteiger partial charge in [0.25, 0.3) is 0 Å². The molecule has 0 aromatic rings. The first-order valence-corrected chi connectivity index (χ1v) is 3.77. The highest BCUT2D eigenvalue weighted by Crippen LogP contribution is 2.18. The van der Waals surface area contributed by atoms with Crippen molar-refractivity contribution in [3.63, 3.8) is 0 Å². The highest BCUT2D eigenvalue weighted by atomic mass is 16.3. The van der Waals surface area contributed by atoms with Crippen LogP contribution in [0.5, 0.6) is 0 Å². The first-order valence-electron chi connectivity index (χ1n) is 3.77. The second-order valence-corrected chi connectivity index (χ2v) is 3.06. The normalized spacial score (nSPS) is 18.0. The molecule has 1 N–H and O–H groups in total. The summed E-state index contributed by atoms with van der Waals surface area (Å²) in [4.78, 5) is 0. The van der Waals surface area contributed by atoms with Crippen LogP contribution in [0.1, 0.15) is 34.1 Å². The molecular formula is C8H18O. The van der Waals surface area contributed by atoms with Gasteiger partial charge in [-0.3, -0.25) is 0 Å². The van der Waals surface area contributed by atoms with Crippen LogP contribution in [0.25, 0.3) is 0 Å². The summed E-state index contributed by atoms with van der Waals surface area (Å²) >= 11 is 0. The molecule has 0 saturated carbocycles. The summed E-state index contributed by atoms with van der Waals surface area (Å²) in [5.74, 6) is 1.08. The Balaban J connectivity index is 3.68. The van der Waals surface area contributed by atoms with Gasteiger partial charge < -0.3 is 5.11 Å². The van der Waals surface area contributed by atoms with Gasteiger partial charge in [-0.2, -0.15) is 0 Å². The molecule has 0 aromatic carbocycles. The lowest BCUT2D eigenvalue weighted by Crippen LogP contribution is -2.20. The van der Waals surface area contributed by atoms with Crippen LogP contribution in [0.4, 0.5) is 0 Å². The first kappa shape index (κ1) is 8.96. The molecule has 0 saturated heterocycles. The molecule has 0 spiro atoms. The molecular weight excluding hydrogens is 112 g/mol. The van der Waals surface area contributed by atoms with Crippen LogP contribution >= 0.6 is 0 Å². The highest BCUT2D eigenvalue weighted by molar-refractivity contribution is 4.65. The van der Waals surface area contributed by atoms with Gasteiger partial charge in [0.05, 0.1) is 6.10 Å². The van der Waals surface area contributed by atoms with Crippen LogP contribution in [0.15, 0.2) is 0 Å². The third-order valence-corrected chi connectivity index (χ3v) is 1.95. The number of hydrogen-bond donors (Lipinski definition) is 1. The Morgan fingerprint density at radius 3 is 1.67 bits per heavy atom. The lowest BCUT2D eigenvalue weighted by molar-refractivity contribution is 0.0952. The summed E-state index contributed by atoms with van der Waals surface area (Å²) in [7, 11) is 0. The molecule has 0 bridgehead atoms. The van der Waals surface area contributed by atoms with Gasteiger partial charge in [0.1, 0.15) is 0 Å². The van der Waals surface area contributed by atoms with E-state index in [0.29, 0.717) is 11.8 Å². The Morgan fingerprint density at radius 2 is 1.67 bits per heavy atom. The Kier molecular flexibility index (Phi) is 3.87. The molecule has 1 nitrogen and oxygen atoms in total. The van der Waals surface area contributed by atoms with Gasteiger partial charge in [0.2, 0.25) is 0 Å². The van der Waals surface area contributed by atoms with E-state index in [-0.39, 0.29) is 6.10 Å². The SMILES string of the molecule is CC[C@H](C(C)C)[C@@H](C)O. The van der Waals surface area contributed by atoms with E-state index in [4.69, 9.17) is 0 Å². The standard InChI is InChI=1S/C8H18O/c1-5-8(6(2)3)7(4)9/h6-9H,5H2,1-4H3/t7-,8-/m1/s1. The monoisotopic (exact) mass is 130 g/mol. The molecule has 0 aliphatic rings. The van der Waals surface area contributed by atoms with E-state index in [1.54, 1.807) is 0 Å². The zero-order chi connectivity index (χ0) is 7.44. The summed E-state index contributed by atoms with van der Waals surface area (Å²) in [6.07, 6.45) is 0.935. The lowest BCUT2D eigenvalue weighted by Gasteiger charge is -2.21. The number of aliphatic hydroxyl groups excluding tert-OH is 1. The molecule has 0 amide bonds. The summed E-state index contributed by atoms with van der Waals surface area (Å²) in [5.41, 5.74) is 0. The van der Waals surface area contributed by atoms with E-state index in [0.717, 1.165) is 6.42 Å². The van der Waals surface area contributed by atoms with Crippen molar-refractivity contribution in [2.24, 2.45) is 11.8 Å². The van der Waals surface area contributed by atoms with Crippen molar-refractivity contribution in [1.29, 1.82) is 0 Å². The van der Waals surface area contributed by atoms with E-state index in [1.165, 1.54) is 0 Å². The number of aliphatic hydroxyl groups is 1. The molecule has 0 aromatic heterocycles. The van der Waals surface area contributed by atoms with Gasteiger partial charge >= 0.3 is 0 Å². The molecule has 2 atom stereocenters. The van der Waals surface area contributed by atoms with Crippen molar-refractivity contribution in [3.05, 3.63) is 0 Å². The van der Waals surface area contributed by atoms with Crippen molar-refractivity contribution < 1.29 is 5.11 Å². The predicted molar refractivity (Wildman–Crippen MR) is 40.3 cm³/mol. The van der Waals surface area contributed by atoms with Crippen LogP contribution < -0.4 is 0 Å². The zero-order valence-corrected chi connectivity index (χ0v) is 6.89. The Hall–Kier alpha value is -0.0400. The third kappa shape index (κ3) is 2.85. The lowest BCUT2D eigenvalue weighted by atomic mass is 9.89. The van der Waals surface area contributed by atoms with Crippen molar-refractivity contribution in [1.82, 2.24) is 0 Å². The molecule has 0 heterocycles. The van der Waals surface area contributed by atoms with E-state index in [1.807, 2.05) is 6.92 Å². The number of rotatable bonds is 3. The zero-order valence-electron chi connectivity index (χ0n) is 6.89. The average Bonchev–Trinajstić information content (AvgIpc) is 1.64. The molecule has 0 unspecified atom stereocenters. The highest BCUT2D eigenvalue weighted by Gasteiger charge is 2.15. The Bertz CT molecular complexity index is 59.0. The Morgan fingerprint density at radius 1 is 1.22 bits per heavy atom. The van der Waals surface area contributed by atoms with Crippen molar-refractivity contribution in [2.75, 3.05) is 0 Å². The maximum atomic E-state index is 9.18. The van der Waals surface area contributed by atoms with Gasteiger partial charge in [-0.05, 0) is 18.8 Å². The maximum absolute atomic E-state index is 9.18. The molecule has 0 radical (unpaired) electrons. The summed E-state index contributed by atoms with van der Waals surface area (Å²) in [6.45, 7) is 8.30. The second-order valence-electron chi connectivity index (χ2n) is 3.06. The molecule has 0 aliphatic heterocycles. The molecule has 56 valence electrons. The molecule has 1 heteroatoms. The Labute approximate surface area is 58.1 Å². The van der Waals surface area contributed by atoms with Gasteiger partial charge in [-0.1, -0.05) is 27.2 Å². The molecule has 0 rings (SSSR count). The van der Waals surface area contributed by atoms with Crippen molar-refractivity contribution in [3.8, 4) is 0 Å². The van der Waals surface area contributed by atoms with Gasteiger partial charge in [-0.15, -0.1) is 0 Å². The fourth-order valence-corrected chi connectivity index (χ4v) is 1.37. The van der Waals surface area contributed by atoms with Crippen molar-refractivity contribution >= 4 is 0 Å². The summed E-state index contributed by atoms with van der Waals surface area (Å²) in [6, 6.07) is 0. The van der Waals surface area contributed by atoms with Crippen LogP contribution in [0.2, 0.25) is 0 Å². The van der Waals surface area contributed by atoms with E-state index in [9.17, 15) is 5.11 Å². The molecule has 0 aliphatic carbocycles. The third-order valence-electron chi connectivity index (χ3n) is 1.95. The largest absolute Gasteiger partial charge is 0.393 e. The maximum Gasteiger partial charge on any atom is 0.0542 e. The first-order chi connectivity index (χ1) is 4.09. The molecule has 9 heavy (non-hydrogen) atoms. The predicted octanol–water partition coefficient (Wildman–Crippen LogP) is 2.05. The van der Waals surface area contributed by atoms with Crippen LogP contribution in [-0.4, -0.2) is 11.2 Å². The minimum Gasteiger partial charge on any atom is -0.393 e. The molecule has 0 fully saturated rings. The van der Waals surface area contributed by atoms with E-state index < -0.39 is 0 Å². The van der Waals surface area contributed by atoms with Crippen LogP contribution in [0.3, 0.4) is 0 Å². The quantitative estimate of drug-likeness (QED) is 0.620. The van der Waals surface area contributed by atoms with Crippen LogP contribution in [0, 0.1) is 11.8 Å². The van der Waals surface area contributed by atoms with E-state index >= 15 is 0 Å². The van der Waals surface area contributed by atoms with Gasteiger partial charge in [-0.25, -0.2) is 0 Å². The topological polar surface area (TPSA) is 20.2 Å². The fraction of sp³-hybridized carbons (Fsp3) is 1.00. The average molecular weight is 130 g/mol. The fourth-order valence-electron chi connectivity index (χ4n) is 1.37. The minimum absolute atomic E-state index is 0.144. The van der Waals surface area contributed by atoms with Gasteiger partial charge in [0.15, 0.2) is 0 Å². The smallest absolute Gasteiger partial charge is 0.0542 e. The van der Waals surface area contributed by atoms with Crippen LogP contribution in [-0.2, 0) is 0 Å². The minimum atomic E-state index is -0.144. The van der Waals surface area contributed by atoms with Gasteiger partial charge in [0, 0.05) is 0 Å². The second kappa shape index (κ2) is 3.89. The van der Waals surface area contributed by atoms with Crippen molar-refractivity contribution in [2.45, 2.75) is 40.2 Å². The summed E-state index contributed by atoms with van der Waals surface area (Å²) in [5, 5.41) is 9.18. The summed E-state index contributed by atoms with van der Waals surface area (Å²) < 4.78 is 0.